The number of rotatable bonds is 1. The second-order valence-electron chi connectivity index (χ2n) is 5.77. The van der Waals surface area contributed by atoms with Crippen molar-refractivity contribution in [1.29, 1.82) is 0 Å². The number of aromatic amines is 1. The molecule has 21 heavy (non-hydrogen) atoms. The predicted molar refractivity (Wildman–Crippen MR) is 90.7 cm³/mol. The Morgan fingerprint density at radius 1 is 0.714 bits per heavy atom. The molecular weight excluding hydrogens is 254 g/mol. The molecule has 1 aromatic heterocycles. The lowest BCUT2D eigenvalue weighted by Gasteiger charge is -2.04. The molecule has 1 heteroatoms. The van der Waals surface area contributed by atoms with E-state index in [-0.39, 0.29) is 0 Å². The lowest BCUT2D eigenvalue weighted by atomic mass is 10.0. The maximum Gasteiger partial charge on any atom is 0.0544 e. The molecule has 1 heterocycles. The SMILES string of the molecule is Cc1cccc(-c2cccc3c2[nH]c2ccc(C)cc23)c1. The first-order valence-electron chi connectivity index (χ1n) is 7.30. The number of nitrogens with one attached hydrogen (secondary N) is 1. The normalized spacial score (nSPS) is 11.3. The van der Waals surface area contributed by atoms with E-state index in [0.717, 1.165) is 0 Å². The molecule has 0 amide bonds. The molecule has 102 valence electrons. The molecule has 0 spiro atoms. The summed E-state index contributed by atoms with van der Waals surface area (Å²) in [7, 11) is 0. The summed E-state index contributed by atoms with van der Waals surface area (Å²) in [6, 6.07) is 21.8. The number of hydrogen-bond donors (Lipinski definition) is 1. The fraction of sp³-hybridized carbons (Fsp3) is 0.100. The third-order valence-electron chi connectivity index (χ3n) is 4.12. The van der Waals surface area contributed by atoms with Crippen LogP contribution in [0.5, 0.6) is 0 Å². The maximum absolute atomic E-state index is 3.59. The summed E-state index contributed by atoms with van der Waals surface area (Å²) in [4.78, 5) is 3.59. The van der Waals surface area contributed by atoms with Crippen molar-refractivity contribution in [3.05, 3.63) is 71.8 Å². The molecule has 0 saturated heterocycles. The van der Waals surface area contributed by atoms with Gasteiger partial charge in [-0.3, -0.25) is 0 Å². The largest absolute Gasteiger partial charge is 0.354 e. The monoisotopic (exact) mass is 271 g/mol. The van der Waals surface area contributed by atoms with Gasteiger partial charge in [-0.25, -0.2) is 0 Å². The summed E-state index contributed by atoms with van der Waals surface area (Å²) < 4.78 is 0. The van der Waals surface area contributed by atoms with Crippen LogP contribution < -0.4 is 0 Å². The molecule has 0 aliphatic heterocycles. The molecule has 0 aliphatic carbocycles. The molecule has 1 N–H and O–H groups in total. The van der Waals surface area contributed by atoms with E-state index in [1.54, 1.807) is 0 Å². The van der Waals surface area contributed by atoms with E-state index in [1.165, 1.54) is 44.1 Å². The number of H-pyrrole nitrogens is 1. The first kappa shape index (κ1) is 12.2. The van der Waals surface area contributed by atoms with Crippen molar-refractivity contribution >= 4 is 21.8 Å². The molecule has 1 nitrogen and oxygen atoms in total. The van der Waals surface area contributed by atoms with Gasteiger partial charge in [0.05, 0.1) is 5.52 Å². The molecule has 0 atom stereocenters. The molecule has 4 rings (SSSR count). The Labute approximate surface area is 124 Å². The molecular formula is C20H17N. The minimum Gasteiger partial charge on any atom is -0.354 e. The summed E-state index contributed by atoms with van der Waals surface area (Å²) in [6.45, 7) is 4.28. The highest BCUT2D eigenvalue weighted by Crippen LogP contribution is 2.33. The van der Waals surface area contributed by atoms with Crippen molar-refractivity contribution in [2.24, 2.45) is 0 Å². The van der Waals surface area contributed by atoms with Crippen LogP contribution in [0.4, 0.5) is 0 Å². The third-order valence-corrected chi connectivity index (χ3v) is 4.12. The lowest BCUT2D eigenvalue weighted by molar-refractivity contribution is 1.46. The standard InChI is InChI=1S/C20H17N/c1-13-5-3-6-15(11-13)16-7-4-8-17-18-12-14(2)9-10-19(18)21-20(16)17/h3-12,21H,1-2H3. The molecule has 3 aromatic carbocycles. The highest BCUT2D eigenvalue weighted by atomic mass is 14.7. The molecule has 4 aromatic rings. The number of aryl methyl sites for hydroxylation is 2. The fourth-order valence-corrected chi connectivity index (χ4v) is 3.09. The molecule has 0 radical (unpaired) electrons. The third kappa shape index (κ3) is 1.93. The molecule has 0 fully saturated rings. The van der Waals surface area contributed by atoms with E-state index in [2.05, 4.69) is 79.5 Å². The predicted octanol–water partition coefficient (Wildman–Crippen LogP) is 5.60. The van der Waals surface area contributed by atoms with Crippen molar-refractivity contribution in [2.75, 3.05) is 0 Å². The van der Waals surface area contributed by atoms with Gasteiger partial charge in [0.25, 0.3) is 0 Å². The van der Waals surface area contributed by atoms with Gasteiger partial charge >= 0.3 is 0 Å². The van der Waals surface area contributed by atoms with Crippen molar-refractivity contribution < 1.29 is 0 Å². The Morgan fingerprint density at radius 3 is 2.38 bits per heavy atom. The van der Waals surface area contributed by atoms with Gasteiger partial charge in [0.1, 0.15) is 0 Å². The van der Waals surface area contributed by atoms with E-state index in [1.807, 2.05) is 0 Å². The quantitative estimate of drug-likeness (QED) is 0.463. The van der Waals surface area contributed by atoms with Crippen LogP contribution in [0.1, 0.15) is 11.1 Å². The highest BCUT2D eigenvalue weighted by Gasteiger charge is 2.09. The van der Waals surface area contributed by atoms with Crippen molar-refractivity contribution in [1.82, 2.24) is 4.98 Å². The highest BCUT2D eigenvalue weighted by molar-refractivity contribution is 6.11. The number of aromatic nitrogens is 1. The summed E-state index contributed by atoms with van der Waals surface area (Å²) in [5, 5.41) is 2.60. The van der Waals surface area contributed by atoms with Gasteiger partial charge in [-0.2, -0.15) is 0 Å². The average Bonchev–Trinajstić information content (AvgIpc) is 2.85. The van der Waals surface area contributed by atoms with E-state index in [0.29, 0.717) is 0 Å². The van der Waals surface area contributed by atoms with Crippen LogP contribution in [-0.2, 0) is 0 Å². The topological polar surface area (TPSA) is 15.8 Å². The Hall–Kier alpha value is -2.54. The van der Waals surface area contributed by atoms with Crippen LogP contribution in [0.3, 0.4) is 0 Å². The zero-order chi connectivity index (χ0) is 14.4. The smallest absolute Gasteiger partial charge is 0.0544 e. The van der Waals surface area contributed by atoms with Gasteiger partial charge in [0.15, 0.2) is 0 Å². The maximum atomic E-state index is 3.59. The van der Waals surface area contributed by atoms with Gasteiger partial charge in [-0.05, 0) is 31.5 Å². The Balaban J connectivity index is 2.09. The lowest BCUT2D eigenvalue weighted by Crippen LogP contribution is -1.81. The van der Waals surface area contributed by atoms with Crippen LogP contribution in [0.2, 0.25) is 0 Å². The molecule has 0 aliphatic rings. The summed E-state index contributed by atoms with van der Waals surface area (Å²) in [5.41, 5.74) is 7.55. The van der Waals surface area contributed by atoms with Gasteiger partial charge < -0.3 is 4.98 Å². The van der Waals surface area contributed by atoms with Gasteiger partial charge in [0, 0.05) is 21.9 Å². The summed E-state index contributed by atoms with van der Waals surface area (Å²) in [6.07, 6.45) is 0. The van der Waals surface area contributed by atoms with Crippen molar-refractivity contribution in [3.8, 4) is 11.1 Å². The first-order chi connectivity index (χ1) is 10.2. The van der Waals surface area contributed by atoms with Gasteiger partial charge in [-0.1, -0.05) is 59.7 Å². The van der Waals surface area contributed by atoms with Gasteiger partial charge in [-0.15, -0.1) is 0 Å². The van der Waals surface area contributed by atoms with Crippen molar-refractivity contribution in [3.63, 3.8) is 0 Å². The van der Waals surface area contributed by atoms with E-state index < -0.39 is 0 Å². The number of fused-ring (bicyclic) bond motifs is 3. The zero-order valence-electron chi connectivity index (χ0n) is 12.3. The number of benzene rings is 3. The van der Waals surface area contributed by atoms with Crippen LogP contribution >= 0.6 is 0 Å². The minimum absolute atomic E-state index is 1.20. The second kappa shape index (κ2) is 4.49. The fourth-order valence-electron chi connectivity index (χ4n) is 3.09. The first-order valence-corrected chi connectivity index (χ1v) is 7.30. The Bertz CT molecular complexity index is 960. The minimum atomic E-state index is 1.20. The number of para-hydroxylation sites is 1. The molecule has 0 saturated carbocycles. The van der Waals surface area contributed by atoms with Gasteiger partial charge in [0.2, 0.25) is 0 Å². The van der Waals surface area contributed by atoms with Crippen LogP contribution in [0.25, 0.3) is 32.9 Å². The Kier molecular flexibility index (Phi) is 2.61. The molecule has 0 bridgehead atoms. The van der Waals surface area contributed by atoms with Crippen LogP contribution in [-0.4, -0.2) is 4.98 Å². The van der Waals surface area contributed by atoms with Crippen LogP contribution in [0, 0.1) is 13.8 Å². The summed E-state index contributed by atoms with van der Waals surface area (Å²) in [5.74, 6) is 0. The average molecular weight is 271 g/mol. The van der Waals surface area contributed by atoms with E-state index >= 15 is 0 Å². The summed E-state index contributed by atoms with van der Waals surface area (Å²) >= 11 is 0. The van der Waals surface area contributed by atoms with Crippen molar-refractivity contribution in [2.45, 2.75) is 13.8 Å². The van der Waals surface area contributed by atoms with E-state index in [9.17, 15) is 0 Å². The Morgan fingerprint density at radius 2 is 1.52 bits per heavy atom. The zero-order valence-corrected chi connectivity index (χ0v) is 12.3. The molecule has 0 unspecified atom stereocenters. The van der Waals surface area contributed by atoms with Crippen LogP contribution in [0.15, 0.2) is 60.7 Å². The van der Waals surface area contributed by atoms with E-state index in [4.69, 9.17) is 0 Å². The number of hydrogen-bond acceptors (Lipinski definition) is 0. The second-order valence-corrected chi connectivity index (χ2v) is 5.77.